The number of aryl methyl sites for hydroxylation is 1. The van der Waals surface area contributed by atoms with Crippen LogP contribution in [0.2, 0.25) is 0 Å². The summed E-state index contributed by atoms with van der Waals surface area (Å²) in [7, 11) is 0. The molecule has 0 bridgehead atoms. The monoisotopic (exact) mass is 354 g/mol. The molecule has 2 unspecified atom stereocenters. The Bertz CT molecular complexity index is 541. The summed E-state index contributed by atoms with van der Waals surface area (Å²) in [6, 6.07) is 6.10. The third-order valence-electron chi connectivity index (χ3n) is 4.55. The lowest BCUT2D eigenvalue weighted by atomic mass is 10.1. The van der Waals surface area contributed by atoms with E-state index in [1.807, 2.05) is 12.1 Å². The first-order valence-corrected chi connectivity index (χ1v) is 8.53. The van der Waals surface area contributed by atoms with Gasteiger partial charge in [-0.3, -0.25) is 4.79 Å². The van der Waals surface area contributed by atoms with Crippen LogP contribution in [-0.2, 0) is 16.1 Å². The van der Waals surface area contributed by atoms with Crippen LogP contribution >= 0.6 is 12.4 Å². The van der Waals surface area contributed by atoms with Gasteiger partial charge in [-0.1, -0.05) is 12.1 Å². The van der Waals surface area contributed by atoms with E-state index in [1.54, 1.807) is 0 Å². The van der Waals surface area contributed by atoms with Gasteiger partial charge in [0.25, 0.3) is 0 Å². The minimum absolute atomic E-state index is 0. The van der Waals surface area contributed by atoms with E-state index in [0.29, 0.717) is 19.1 Å². The van der Waals surface area contributed by atoms with E-state index in [2.05, 4.69) is 23.6 Å². The highest BCUT2D eigenvalue weighted by Gasteiger charge is 2.22. The molecule has 0 spiro atoms. The summed E-state index contributed by atoms with van der Waals surface area (Å²) in [6.07, 6.45) is 3.05. The first kappa shape index (κ1) is 19.0. The van der Waals surface area contributed by atoms with Crippen molar-refractivity contribution in [3.05, 3.63) is 29.3 Å². The molecule has 3 rings (SSSR count). The van der Waals surface area contributed by atoms with E-state index in [-0.39, 0.29) is 24.4 Å². The lowest BCUT2D eigenvalue weighted by molar-refractivity contribution is -0.122. The third kappa shape index (κ3) is 5.10. The molecule has 0 aliphatic carbocycles. The molecule has 2 aliphatic heterocycles. The van der Waals surface area contributed by atoms with Gasteiger partial charge in [0.15, 0.2) is 0 Å². The summed E-state index contributed by atoms with van der Waals surface area (Å²) < 4.78 is 11.4. The largest absolute Gasteiger partial charge is 0.493 e. The molecule has 6 heteroatoms. The zero-order valence-electron chi connectivity index (χ0n) is 14.2. The molecular formula is C18H27ClN2O3. The SMILES string of the molecule is Cc1ccc(CNC(=O)C2CCCN2)c(OCC2CCOC2)c1.Cl. The maximum Gasteiger partial charge on any atom is 0.237 e. The highest BCUT2D eigenvalue weighted by Crippen LogP contribution is 2.22. The number of amides is 1. The van der Waals surface area contributed by atoms with E-state index in [1.165, 1.54) is 0 Å². The van der Waals surface area contributed by atoms with Crippen molar-refractivity contribution in [3.8, 4) is 5.75 Å². The Balaban J connectivity index is 0.00000208. The number of benzene rings is 1. The van der Waals surface area contributed by atoms with Crippen molar-refractivity contribution in [2.75, 3.05) is 26.4 Å². The van der Waals surface area contributed by atoms with Crippen LogP contribution in [0.15, 0.2) is 18.2 Å². The fourth-order valence-electron chi connectivity index (χ4n) is 3.08. The van der Waals surface area contributed by atoms with E-state index >= 15 is 0 Å². The third-order valence-corrected chi connectivity index (χ3v) is 4.55. The smallest absolute Gasteiger partial charge is 0.237 e. The molecule has 2 N–H and O–H groups in total. The summed E-state index contributed by atoms with van der Waals surface area (Å²) in [4.78, 5) is 12.1. The van der Waals surface area contributed by atoms with Gasteiger partial charge in [-0.15, -0.1) is 12.4 Å². The Morgan fingerprint density at radius 2 is 2.29 bits per heavy atom. The molecule has 0 radical (unpaired) electrons. The van der Waals surface area contributed by atoms with Crippen LogP contribution < -0.4 is 15.4 Å². The fourth-order valence-corrected chi connectivity index (χ4v) is 3.08. The van der Waals surface area contributed by atoms with Gasteiger partial charge in [0.2, 0.25) is 5.91 Å². The number of nitrogens with one attached hydrogen (secondary N) is 2. The summed E-state index contributed by atoms with van der Waals surface area (Å²) in [5, 5.41) is 6.24. The highest BCUT2D eigenvalue weighted by molar-refractivity contribution is 5.85. The van der Waals surface area contributed by atoms with Crippen LogP contribution in [0.5, 0.6) is 5.75 Å². The zero-order valence-corrected chi connectivity index (χ0v) is 15.0. The molecule has 0 saturated carbocycles. The summed E-state index contributed by atoms with van der Waals surface area (Å²) >= 11 is 0. The lowest BCUT2D eigenvalue weighted by Gasteiger charge is -2.16. The van der Waals surface area contributed by atoms with E-state index < -0.39 is 0 Å². The molecule has 1 amide bonds. The Kier molecular flexibility index (Phi) is 7.34. The second-order valence-electron chi connectivity index (χ2n) is 6.52. The number of hydrogen-bond donors (Lipinski definition) is 2. The van der Waals surface area contributed by atoms with Crippen molar-refractivity contribution in [2.24, 2.45) is 5.92 Å². The standard InChI is InChI=1S/C18H26N2O3.ClH/c1-13-4-5-15(10-20-18(21)16-3-2-7-19-16)17(9-13)23-12-14-6-8-22-11-14;/h4-5,9,14,16,19H,2-3,6-8,10-12H2,1H3,(H,20,21);1H. The van der Waals surface area contributed by atoms with Crippen molar-refractivity contribution in [2.45, 2.75) is 38.8 Å². The number of carbonyl (C=O) groups excluding carboxylic acids is 1. The van der Waals surface area contributed by atoms with Crippen LogP contribution in [0.4, 0.5) is 0 Å². The topological polar surface area (TPSA) is 59.6 Å². The predicted molar refractivity (Wildman–Crippen MR) is 95.7 cm³/mol. The summed E-state index contributed by atoms with van der Waals surface area (Å²) in [6.45, 7) is 5.78. The predicted octanol–water partition coefficient (Wildman–Crippen LogP) is 2.20. The lowest BCUT2D eigenvalue weighted by Crippen LogP contribution is -2.40. The second-order valence-corrected chi connectivity index (χ2v) is 6.52. The quantitative estimate of drug-likeness (QED) is 0.822. The van der Waals surface area contributed by atoms with Crippen LogP contribution in [0.1, 0.15) is 30.4 Å². The molecule has 0 aromatic heterocycles. The van der Waals surface area contributed by atoms with Crippen molar-refractivity contribution in [3.63, 3.8) is 0 Å². The molecule has 1 aromatic rings. The zero-order chi connectivity index (χ0) is 16.1. The molecule has 5 nitrogen and oxygen atoms in total. The van der Waals surface area contributed by atoms with Crippen molar-refractivity contribution >= 4 is 18.3 Å². The van der Waals surface area contributed by atoms with Crippen LogP contribution in [0.3, 0.4) is 0 Å². The number of ether oxygens (including phenoxy) is 2. The Hall–Kier alpha value is -1.30. The van der Waals surface area contributed by atoms with E-state index in [9.17, 15) is 4.79 Å². The molecular weight excluding hydrogens is 328 g/mol. The fraction of sp³-hybridized carbons (Fsp3) is 0.611. The number of carbonyl (C=O) groups is 1. The molecule has 1 aromatic carbocycles. The molecule has 2 heterocycles. The molecule has 2 aliphatic rings. The van der Waals surface area contributed by atoms with Gasteiger partial charge in [0, 0.05) is 24.6 Å². The molecule has 24 heavy (non-hydrogen) atoms. The maximum absolute atomic E-state index is 12.1. The van der Waals surface area contributed by atoms with Gasteiger partial charge in [0.1, 0.15) is 5.75 Å². The van der Waals surface area contributed by atoms with Gasteiger partial charge < -0.3 is 20.1 Å². The van der Waals surface area contributed by atoms with Gasteiger partial charge in [0.05, 0.1) is 19.3 Å². The first-order chi connectivity index (χ1) is 11.2. The van der Waals surface area contributed by atoms with Gasteiger partial charge in [-0.05, 0) is 44.4 Å². The molecule has 2 saturated heterocycles. The molecule has 2 fully saturated rings. The van der Waals surface area contributed by atoms with Gasteiger partial charge in [-0.2, -0.15) is 0 Å². The Morgan fingerprint density at radius 3 is 3.00 bits per heavy atom. The first-order valence-electron chi connectivity index (χ1n) is 8.53. The second kappa shape index (κ2) is 9.25. The van der Waals surface area contributed by atoms with Crippen LogP contribution in [0.25, 0.3) is 0 Å². The summed E-state index contributed by atoms with van der Waals surface area (Å²) in [5.41, 5.74) is 2.19. The van der Waals surface area contributed by atoms with Crippen molar-refractivity contribution in [1.82, 2.24) is 10.6 Å². The summed E-state index contributed by atoms with van der Waals surface area (Å²) in [5.74, 6) is 1.43. The van der Waals surface area contributed by atoms with Crippen molar-refractivity contribution < 1.29 is 14.3 Å². The van der Waals surface area contributed by atoms with Gasteiger partial charge in [-0.25, -0.2) is 0 Å². The van der Waals surface area contributed by atoms with Crippen LogP contribution in [-0.4, -0.2) is 38.3 Å². The maximum atomic E-state index is 12.1. The highest BCUT2D eigenvalue weighted by atomic mass is 35.5. The number of halogens is 1. The van der Waals surface area contributed by atoms with Crippen molar-refractivity contribution in [1.29, 1.82) is 0 Å². The van der Waals surface area contributed by atoms with Gasteiger partial charge >= 0.3 is 0 Å². The normalized spacial score (nSPS) is 22.9. The molecule has 134 valence electrons. The van der Waals surface area contributed by atoms with E-state index in [4.69, 9.17) is 9.47 Å². The minimum atomic E-state index is -0.0412. The molecule has 2 atom stereocenters. The number of hydrogen-bond acceptors (Lipinski definition) is 4. The average Bonchev–Trinajstić information content (AvgIpc) is 3.25. The average molecular weight is 355 g/mol. The minimum Gasteiger partial charge on any atom is -0.493 e. The van der Waals surface area contributed by atoms with E-state index in [0.717, 1.165) is 55.9 Å². The number of rotatable bonds is 6. The Labute approximate surface area is 149 Å². The van der Waals surface area contributed by atoms with Crippen LogP contribution in [0, 0.1) is 12.8 Å². The Morgan fingerprint density at radius 1 is 1.42 bits per heavy atom.